The first-order valence-corrected chi connectivity index (χ1v) is 13.2. The Hall–Kier alpha value is -2.44. The largest absolute Gasteiger partial charge is 0.460 e. The Morgan fingerprint density at radius 1 is 0.971 bits per heavy atom. The Bertz CT molecular complexity index is 1000. The first kappa shape index (κ1) is 24.7. The fourth-order valence-electron chi connectivity index (χ4n) is 4.62. The van der Waals surface area contributed by atoms with E-state index in [4.69, 9.17) is 13.9 Å². The molecule has 34 heavy (non-hydrogen) atoms. The third-order valence-electron chi connectivity index (χ3n) is 6.56. The fourth-order valence-corrected chi connectivity index (χ4v) is 6.00. The van der Waals surface area contributed by atoms with E-state index < -0.39 is 16.0 Å². The molecule has 4 heterocycles. The number of piperazine rings is 1. The van der Waals surface area contributed by atoms with Crippen molar-refractivity contribution in [3.63, 3.8) is 0 Å². The third kappa shape index (κ3) is 5.13. The van der Waals surface area contributed by atoms with Crippen molar-refractivity contribution in [3.05, 3.63) is 17.9 Å². The van der Waals surface area contributed by atoms with E-state index in [0.717, 1.165) is 12.8 Å². The molecule has 3 aliphatic rings. The second kappa shape index (κ2) is 10.4. The lowest BCUT2D eigenvalue weighted by Gasteiger charge is -2.38. The number of nitrogens with zero attached hydrogens (tertiary/aromatic N) is 3. The number of esters is 1. The van der Waals surface area contributed by atoms with E-state index >= 15 is 0 Å². The van der Waals surface area contributed by atoms with Gasteiger partial charge in [0.25, 0.3) is 15.9 Å². The van der Waals surface area contributed by atoms with Crippen molar-refractivity contribution in [3.8, 4) is 0 Å². The van der Waals surface area contributed by atoms with Crippen LogP contribution in [0.5, 0.6) is 0 Å². The zero-order valence-corrected chi connectivity index (χ0v) is 20.1. The third-order valence-corrected chi connectivity index (χ3v) is 8.34. The number of amides is 2. The molecule has 0 aromatic carbocycles. The molecule has 11 nitrogen and oxygen atoms in total. The van der Waals surface area contributed by atoms with Crippen LogP contribution in [-0.2, 0) is 29.1 Å². The predicted octanol–water partition coefficient (Wildman–Crippen LogP) is 0.707. The highest BCUT2D eigenvalue weighted by Gasteiger charge is 2.37. The van der Waals surface area contributed by atoms with Crippen molar-refractivity contribution in [2.75, 3.05) is 52.5 Å². The predicted molar refractivity (Wildman–Crippen MR) is 118 cm³/mol. The molecule has 0 radical (unpaired) electrons. The van der Waals surface area contributed by atoms with Gasteiger partial charge in [0.05, 0.1) is 6.61 Å². The van der Waals surface area contributed by atoms with Gasteiger partial charge in [-0.3, -0.25) is 9.59 Å². The number of ether oxygens (including phenoxy) is 2. The van der Waals surface area contributed by atoms with E-state index in [1.54, 1.807) is 16.7 Å². The maximum absolute atomic E-state index is 13.0. The number of carbonyl (C=O) groups excluding carboxylic acids is 3. The van der Waals surface area contributed by atoms with Crippen LogP contribution in [0.25, 0.3) is 0 Å². The molecule has 0 saturated carbocycles. The maximum atomic E-state index is 13.0. The zero-order chi connectivity index (χ0) is 24.3. The normalized spacial score (nSPS) is 22.7. The van der Waals surface area contributed by atoms with Gasteiger partial charge in [-0.25, -0.2) is 13.2 Å². The molecule has 188 valence electrons. The summed E-state index contributed by atoms with van der Waals surface area (Å²) in [6.07, 6.45) is 2.10. The molecule has 3 aliphatic heterocycles. The van der Waals surface area contributed by atoms with Gasteiger partial charge in [0.15, 0.2) is 0 Å². The Morgan fingerprint density at radius 2 is 1.62 bits per heavy atom. The van der Waals surface area contributed by atoms with Crippen LogP contribution < -0.4 is 0 Å². The molecule has 3 fully saturated rings. The number of hydrogen-bond donors (Lipinski definition) is 0. The minimum Gasteiger partial charge on any atom is -0.460 e. The lowest BCUT2D eigenvalue weighted by molar-refractivity contribution is -0.147. The molecule has 0 N–H and O–H groups in total. The molecule has 0 spiro atoms. The summed E-state index contributed by atoms with van der Waals surface area (Å²) in [5.74, 6) is -1.14. The van der Waals surface area contributed by atoms with Crippen LogP contribution in [0.2, 0.25) is 0 Å². The van der Waals surface area contributed by atoms with Crippen LogP contribution in [0.4, 0.5) is 0 Å². The van der Waals surface area contributed by atoms with Crippen LogP contribution in [0, 0.1) is 5.92 Å². The highest BCUT2D eigenvalue weighted by molar-refractivity contribution is 7.89. The molecule has 1 atom stereocenters. The van der Waals surface area contributed by atoms with E-state index in [1.807, 2.05) is 0 Å². The van der Waals surface area contributed by atoms with Crippen molar-refractivity contribution in [2.45, 2.75) is 43.8 Å². The quantitative estimate of drug-likeness (QED) is 0.526. The van der Waals surface area contributed by atoms with Crippen LogP contribution in [0.15, 0.2) is 21.6 Å². The van der Waals surface area contributed by atoms with Crippen LogP contribution in [-0.4, -0.2) is 98.9 Å². The number of sulfonamides is 1. The Balaban J connectivity index is 1.27. The summed E-state index contributed by atoms with van der Waals surface area (Å²) in [5.41, 5.74) is 0. The minimum atomic E-state index is -3.91. The smallest absolute Gasteiger partial charge is 0.374 e. The first-order valence-electron chi connectivity index (χ1n) is 11.8. The molecule has 1 aromatic heterocycles. The van der Waals surface area contributed by atoms with Gasteiger partial charge in [-0.1, -0.05) is 0 Å². The molecule has 0 aliphatic carbocycles. The number of piperidine rings is 1. The minimum absolute atomic E-state index is 0.00357. The number of furan rings is 1. The maximum Gasteiger partial charge on any atom is 0.374 e. The highest BCUT2D eigenvalue weighted by Crippen LogP contribution is 2.27. The van der Waals surface area contributed by atoms with Gasteiger partial charge >= 0.3 is 5.97 Å². The molecule has 0 bridgehead atoms. The molecule has 4 rings (SSSR count). The summed E-state index contributed by atoms with van der Waals surface area (Å²) in [6, 6.07) is 2.53. The fraction of sp³-hybridized carbons (Fsp3) is 0.682. The molecular weight excluding hydrogens is 466 g/mol. The second-order valence-corrected chi connectivity index (χ2v) is 10.5. The average molecular weight is 498 g/mol. The Kier molecular flexibility index (Phi) is 7.58. The van der Waals surface area contributed by atoms with Crippen molar-refractivity contribution in [1.82, 2.24) is 14.1 Å². The van der Waals surface area contributed by atoms with Gasteiger partial charge in [-0.15, -0.1) is 0 Å². The first-order chi connectivity index (χ1) is 16.3. The standard InChI is InChI=1S/C22H31N3O8S/c1-2-31-22(28)18-5-6-19(33-18)34(29,30)25-9-7-16(8-10-25)20(26)23-11-13-24(14-12-23)21(27)17-4-3-15-32-17/h5-6,16-17H,2-4,7-15H2,1H3. The monoisotopic (exact) mass is 497 g/mol. The summed E-state index contributed by atoms with van der Waals surface area (Å²) in [6.45, 7) is 4.71. The molecule has 3 saturated heterocycles. The zero-order valence-electron chi connectivity index (χ0n) is 19.3. The van der Waals surface area contributed by atoms with Gasteiger partial charge in [-0.05, 0) is 44.7 Å². The van der Waals surface area contributed by atoms with E-state index in [0.29, 0.717) is 45.6 Å². The summed E-state index contributed by atoms with van der Waals surface area (Å²) in [5, 5.41) is -0.313. The van der Waals surface area contributed by atoms with E-state index in [2.05, 4.69) is 0 Å². The lowest BCUT2D eigenvalue weighted by atomic mass is 9.96. The number of hydrogen-bond acceptors (Lipinski definition) is 8. The summed E-state index contributed by atoms with van der Waals surface area (Å²) >= 11 is 0. The van der Waals surface area contributed by atoms with E-state index in [-0.39, 0.29) is 54.4 Å². The van der Waals surface area contributed by atoms with Gasteiger partial charge in [-0.2, -0.15) is 4.31 Å². The van der Waals surface area contributed by atoms with Gasteiger partial charge in [0, 0.05) is 51.8 Å². The molecule has 1 unspecified atom stereocenters. The van der Waals surface area contributed by atoms with Gasteiger partial charge in [0.1, 0.15) is 6.10 Å². The van der Waals surface area contributed by atoms with Crippen molar-refractivity contribution in [2.24, 2.45) is 5.92 Å². The van der Waals surface area contributed by atoms with Crippen molar-refractivity contribution in [1.29, 1.82) is 0 Å². The van der Waals surface area contributed by atoms with Crippen molar-refractivity contribution < 1.29 is 36.7 Å². The van der Waals surface area contributed by atoms with E-state index in [1.165, 1.54) is 16.4 Å². The SMILES string of the molecule is CCOC(=O)c1ccc(S(=O)(=O)N2CCC(C(=O)N3CCN(C(=O)C4CCCO4)CC3)CC2)o1. The number of carbonyl (C=O) groups is 3. The molecule has 1 aromatic rings. The van der Waals surface area contributed by atoms with E-state index in [9.17, 15) is 22.8 Å². The summed E-state index contributed by atoms with van der Waals surface area (Å²) in [7, 11) is -3.91. The van der Waals surface area contributed by atoms with Crippen LogP contribution in [0.1, 0.15) is 43.2 Å². The molecular formula is C22H31N3O8S. The molecule has 12 heteroatoms. The van der Waals surface area contributed by atoms with Crippen LogP contribution in [0.3, 0.4) is 0 Å². The van der Waals surface area contributed by atoms with Gasteiger partial charge < -0.3 is 23.7 Å². The van der Waals surface area contributed by atoms with Crippen LogP contribution >= 0.6 is 0 Å². The van der Waals surface area contributed by atoms with Crippen molar-refractivity contribution >= 4 is 27.8 Å². The average Bonchev–Trinajstić information content (AvgIpc) is 3.57. The highest BCUT2D eigenvalue weighted by atomic mass is 32.2. The summed E-state index contributed by atoms with van der Waals surface area (Å²) in [4.78, 5) is 40.8. The topological polar surface area (TPSA) is 127 Å². The Morgan fingerprint density at radius 3 is 2.21 bits per heavy atom. The molecule has 2 amide bonds. The summed E-state index contributed by atoms with van der Waals surface area (Å²) < 4.78 is 42.6. The number of rotatable bonds is 6. The lowest BCUT2D eigenvalue weighted by Crippen LogP contribution is -2.54. The Labute approximate surface area is 199 Å². The van der Waals surface area contributed by atoms with Gasteiger partial charge in [0.2, 0.25) is 16.8 Å². The second-order valence-electron chi connectivity index (χ2n) is 8.67.